The van der Waals surface area contributed by atoms with E-state index in [1.54, 1.807) is 11.9 Å². The van der Waals surface area contributed by atoms with Crippen LogP contribution in [0.1, 0.15) is 26.9 Å². The number of hydrogen-bond donors (Lipinski definition) is 1. The molecule has 5 nitrogen and oxygen atoms in total. The highest BCUT2D eigenvalue weighted by atomic mass is 32.1. The topological polar surface area (TPSA) is 61.9 Å². The fourth-order valence-electron chi connectivity index (χ4n) is 1.51. The number of aryl methyl sites for hydroxylation is 2. The smallest absolute Gasteiger partial charge is 0.264 e. The Kier molecular flexibility index (Phi) is 3.23. The third-order valence-corrected chi connectivity index (χ3v) is 3.43. The van der Waals surface area contributed by atoms with Gasteiger partial charge in [-0.25, -0.2) is 4.98 Å². The van der Waals surface area contributed by atoms with Gasteiger partial charge in [0, 0.05) is 7.05 Å². The average Bonchev–Trinajstić information content (AvgIpc) is 2.86. The monoisotopic (exact) mass is 250 g/mol. The molecule has 0 atom stereocenters. The van der Waals surface area contributed by atoms with Gasteiger partial charge in [-0.15, -0.1) is 11.3 Å². The van der Waals surface area contributed by atoms with E-state index in [1.807, 2.05) is 25.3 Å². The molecule has 2 rings (SSSR count). The third-order valence-electron chi connectivity index (χ3n) is 2.43. The summed E-state index contributed by atoms with van der Waals surface area (Å²) >= 11 is 1.46. The van der Waals surface area contributed by atoms with Gasteiger partial charge in [0.25, 0.3) is 5.91 Å². The maximum Gasteiger partial charge on any atom is 0.264 e. The molecule has 0 saturated carbocycles. The van der Waals surface area contributed by atoms with Crippen molar-refractivity contribution >= 4 is 17.2 Å². The Balaban J connectivity index is 2.08. The Bertz CT molecular complexity index is 531. The third kappa shape index (κ3) is 2.52. The molecule has 2 heterocycles. The van der Waals surface area contributed by atoms with E-state index in [2.05, 4.69) is 15.2 Å². The lowest BCUT2D eigenvalue weighted by Crippen LogP contribution is -2.26. The normalized spacial score (nSPS) is 10.5. The number of aromatic amines is 1. The van der Waals surface area contributed by atoms with Crippen LogP contribution in [0.5, 0.6) is 0 Å². The number of carbonyl (C=O) groups excluding carboxylic acids is 1. The molecule has 0 bridgehead atoms. The second-order valence-electron chi connectivity index (χ2n) is 3.93. The van der Waals surface area contributed by atoms with Crippen LogP contribution in [0, 0.1) is 13.8 Å². The van der Waals surface area contributed by atoms with Gasteiger partial charge >= 0.3 is 0 Å². The van der Waals surface area contributed by atoms with Gasteiger partial charge in [0.05, 0.1) is 11.4 Å². The molecule has 0 aromatic carbocycles. The van der Waals surface area contributed by atoms with Crippen molar-refractivity contribution in [3.8, 4) is 0 Å². The molecular formula is C11H14N4OS. The molecule has 0 radical (unpaired) electrons. The molecule has 17 heavy (non-hydrogen) atoms. The maximum atomic E-state index is 12.1. The molecule has 2 aromatic rings. The van der Waals surface area contributed by atoms with Crippen molar-refractivity contribution in [2.75, 3.05) is 7.05 Å². The van der Waals surface area contributed by atoms with Gasteiger partial charge in [0.15, 0.2) is 5.82 Å². The van der Waals surface area contributed by atoms with Gasteiger partial charge in [-0.2, -0.15) is 5.10 Å². The molecule has 0 spiro atoms. The summed E-state index contributed by atoms with van der Waals surface area (Å²) < 4.78 is 0. The largest absolute Gasteiger partial charge is 0.333 e. The number of rotatable bonds is 3. The van der Waals surface area contributed by atoms with Gasteiger partial charge in [0.1, 0.15) is 5.82 Å². The van der Waals surface area contributed by atoms with Crippen molar-refractivity contribution in [2.24, 2.45) is 0 Å². The Morgan fingerprint density at radius 2 is 2.29 bits per heavy atom. The Hall–Kier alpha value is -1.69. The minimum Gasteiger partial charge on any atom is -0.333 e. The first-order valence-electron chi connectivity index (χ1n) is 5.25. The molecule has 0 aliphatic carbocycles. The van der Waals surface area contributed by atoms with E-state index in [-0.39, 0.29) is 5.91 Å². The second kappa shape index (κ2) is 4.67. The first-order chi connectivity index (χ1) is 8.08. The molecular weight excluding hydrogens is 236 g/mol. The van der Waals surface area contributed by atoms with Gasteiger partial charge in [-0.05, 0) is 30.9 Å². The van der Waals surface area contributed by atoms with Gasteiger partial charge in [0.2, 0.25) is 0 Å². The van der Waals surface area contributed by atoms with Crippen LogP contribution >= 0.6 is 11.3 Å². The molecule has 0 unspecified atom stereocenters. The number of carbonyl (C=O) groups is 1. The summed E-state index contributed by atoms with van der Waals surface area (Å²) in [7, 11) is 1.76. The quantitative estimate of drug-likeness (QED) is 0.902. The predicted octanol–water partition coefficient (Wildman–Crippen LogP) is 1.76. The number of hydrogen-bond acceptors (Lipinski definition) is 4. The van der Waals surface area contributed by atoms with Crippen molar-refractivity contribution in [1.29, 1.82) is 0 Å². The lowest BCUT2D eigenvalue weighted by molar-refractivity contribution is 0.0786. The lowest BCUT2D eigenvalue weighted by Gasteiger charge is -2.14. The van der Waals surface area contributed by atoms with Gasteiger partial charge in [-0.1, -0.05) is 0 Å². The van der Waals surface area contributed by atoms with Crippen LogP contribution in [-0.2, 0) is 6.54 Å². The summed E-state index contributed by atoms with van der Waals surface area (Å²) in [5.74, 6) is 1.40. The van der Waals surface area contributed by atoms with Crippen molar-refractivity contribution < 1.29 is 4.79 Å². The first kappa shape index (κ1) is 11.8. The van der Waals surface area contributed by atoms with Gasteiger partial charge < -0.3 is 4.90 Å². The molecule has 0 aliphatic heterocycles. The summed E-state index contributed by atoms with van der Waals surface area (Å²) in [5.41, 5.74) is 1.01. The number of thiophene rings is 1. The molecule has 90 valence electrons. The zero-order valence-corrected chi connectivity index (χ0v) is 10.8. The molecule has 2 aromatic heterocycles. The summed E-state index contributed by atoms with van der Waals surface area (Å²) in [6.07, 6.45) is 0. The van der Waals surface area contributed by atoms with E-state index in [9.17, 15) is 4.79 Å². The molecule has 1 amide bonds. The lowest BCUT2D eigenvalue weighted by atomic mass is 10.2. The number of amides is 1. The molecule has 0 saturated heterocycles. The van der Waals surface area contributed by atoms with Crippen LogP contribution < -0.4 is 0 Å². The number of nitrogens with one attached hydrogen (secondary N) is 1. The first-order valence-corrected chi connectivity index (χ1v) is 6.13. The number of nitrogens with zero attached hydrogens (tertiary/aromatic N) is 3. The molecule has 1 N–H and O–H groups in total. The van der Waals surface area contributed by atoms with E-state index >= 15 is 0 Å². The standard InChI is InChI=1S/C11H14N4OS/c1-7-4-5-17-10(7)11(16)15(3)6-9-12-8(2)13-14-9/h4-5H,6H2,1-3H3,(H,12,13,14). The Labute approximate surface area is 103 Å². The summed E-state index contributed by atoms with van der Waals surface area (Å²) in [6.45, 7) is 4.19. The van der Waals surface area contributed by atoms with Crippen LogP contribution in [0.4, 0.5) is 0 Å². The molecule has 0 aliphatic rings. The zero-order valence-electron chi connectivity index (χ0n) is 10.0. The summed E-state index contributed by atoms with van der Waals surface area (Å²) in [6, 6.07) is 1.95. The number of aromatic nitrogens is 3. The number of H-pyrrole nitrogens is 1. The van der Waals surface area contributed by atoms with Crippen LogP contribution in [-0.4, -0.2) is 33.0 Å². The van der Waals surface area contributed by atoms with Crippen molar-refractivity contribution in [1.82, 2.24) is 20.1 Å². The SMILES string of the molecule is Cc1nc(CN(C)C(=O)c2sccc2C)n[nH]1. The minimum absolute atomic E-state index is 0.0138. The fourth-order valence-corrected chi connectivity index (χ4v) is 2.43. The van der Waals surface area contributed by atoms with Crippen LogP contribution in [0.15, 0.2) is 11.4 Å². The predicted molar refractivity (Wildman–Crippen MR) is 66.0 cm³/mol. The highest BCUT2D eigenvalue weighted by Crippen LogP contribution is 2.17. The van der Waals surface area contributed by atoms with Crippen LogP contribution in [0.2, 0.25) is 0 Å². The van der Waals surface area contributed by atoms with E-state index in [4.69, 9.17) is 0 Å². The van der Waals surface area contributed by atoms with E-state index in [1.165, 1.54) is 11.3 Å². The molecule has 6 heteroatoms. The fraction of sp³-hybridized carbons (Fsp3) is 0.364. The molecule has 0 fully saturated rings. The van der Waals surface area contributed by atoms with E-state index in [0.717, 1.165) is 16.3 Å². The van der Waals surface area contributed by atoms with Crippen molar-refractivity contribution in [2.45, 2.75) is 20.4 Å². The second-order valence-corrected chi connectivity index (χ2v) is 4.85. The summed E-state index contributed by atoms with van der Waals surface area (Å²) in [5, 5.41) is 8.70. The highest BCUT2D eigenvalue weighted by Gasteiger charge is 2.16. The van der Waals surface area contributed by atoms with Crippen LogP contribution in [0.3, 0.4) is 0 Å². The van der Waals surface area contributed by atoms with E-state index < -0.39 is 0 Å². The van der Waals surface area contributed by atoms with Gasteiger partial charge in [-0.3, -0.25) is 9.89 Å². The van der Waals surface area contributed by atoms with Crippen molar-refractivity contribution in [3.05, 3.63) is 33.5 Å². The summed E-state index contributed by atoms with van der Waals surface area (Å²) in [4.78, 5) is 18.7. The van der Waals surface area contributed by atoms with Crippen molar-refractivity contribution in [3.63, 3.8) is 0 Å². The Morgan fingerprint density at radius 1 is 1.53 bits per heavy atom. The Morgan fingerprint density at radius 3 is 2.82 bits per heavy atom. The zero-order chi connectivity index (χ0) is 12.4. The average molecular weight is 250 g/mol. The van der Waals surface area contributed by atoms with Crippen LogP contribution in [0.25, 0.3) is 0 Å². The minimum atomic E-state index is 0.0138. The highest BCUT2D eigenvalue weighted by molar-refractivity contribution is 7.12. The maximum absolute atomic E-state index is 12.1. The van der Waals surface area contributed by atoms with E-state index in [0.29, 0.717) is 12.4 Å².